The van der Waals surface area contributed by atoms with Gasteiger partial charge in [0.2, 0.25) is 0 Å². The van der Waals surface area contributed by atoms with Gasteiger partial charge in [-0.15, -0.1) is 0 Å². The fourth-order valence-electron chi connectivity index (χ4n) is 1.73. The minimum atomic E-state index is -0.0923. The fraction of sp³-hybridized carbons (Fsp3) is 0.375. The van der Waals surface area contributed by atoms with Gasteiger partial charge in [-0.05, 0) is 44.5 Å². The lowest BCUT2D eigenvalue weighted by Crippen LogP contribution is -2.25. The van der Waals surface area contributed by atoms with E-state index in [4.69, 9.17) is 9.47 Å². The highest BCUT2D eigenvalue weighted by molar-refractivity contribution is 7.11. The summed E-state index contributed by atoms with van der Waals surface area (Å²) in [6.07, 6.45) is 2.71. The maximum absolute atomic E-state index is 12.0. The molecule has 118 valence electrons. The summed E-state index contributed by atoms with van der Waals surface area (Å²) >= 11 is 1.42. The molecule has 22 heavy (non-hydrogen) atoms. The van der Waals surface area contributed by atoms with Gasteiger partial charge in [0.1, 0.15) is 5.75 Å². The van der Waals surface area contributed by atoms with E-state index in [1.54, 1.807) is 30.5 Å². The van der Waals surface area contributed by atoms with Crippen LogP contribution in [0.3, 0.4) is 0 Å². The normalized spacial score (nSPS) is 10.7. The second kappa shape index (κ2) is 8.51. The Morgan fingerprint density at radius 2 is 2.09 bits per heavy atom. The van der Waals surface area contributed by atoms with Gasteiger partial charge in [-0.1, -0.05) is 11.3 Å². The minimum absolute atomic E-state index is 0.0923. The molecule has 2 rings (SSSR count). The maximum Gasteiger partial charge on any atom is 0.278 e. The van der Waals surface area contributed by atoms with E-state index in [2.05, 4.69) is 10.3 Å². The summed E-state index contributed by atoms with van der Waals surface area (Å²) in [5.41, 5.74) is 0.608. The number of rotatable bonds is 8. The fourth-order valence-corrected chi connectivity index (χ4v) is 2.24. The van der Waals surface area contributed by atoms with Crippen molar-refractivity contribution in [2.45, 2.75) is 26.4 Å². The van der Waals surface area contributed by atoms with Gasteiger partial charge in [-0.2, -0.15) is 0 Å². The highest BCUT2D eigenvalue weighted by Crippen LogP contribution is 2.23. The number of nitrogens with zero attached hydrogens (tertiary/aromatic N) is 1. The van der Waals surface area contributed by atoms with Gasteiger partial charge in [0.15, 0.2) is 0 Å². The van der Waals surface area contributed by atoms with Gasteiger partial charge >= 0.3 is 0 Å². The molecular weight excluding hydrogens is 300 g/mol. The third kappa shape index (κ3) is 5.46. The Morgan fingerprint density at radius 3 is 2.73 bits per heavy atom. The summed E-state index contributed by atoms with van der Waals surface area (Å²) in [6, 6.07) is 7.00. The Morgan fingerprint density at radius 1 is 1.32 bits per heavy atom. The Kier molecular flexibility index (Phi) is 6.36. The van der Waals surface area contributed by atoms with E-state index >= 15 is 0 Å². The number of carbonyl (C=O) groups excluding carboxylic acids is 1. The quantitative estimate of drug-likeness (QED) is 0.757. The lowest BCUT2D eigenvalue weighted by atomic mass is 10.2. The van der Waals surface area contributed by atoms with E-state index in [1.165, 1.54) is 11.3 Å². The first-order valence-electron chi connectivity index (χ1n) is 7.22. The predicted molar refractivity (Wildman–Crippen MR) is 86.7 cm³/mol. The van der Waals surface area contributed by atoms with Crippen molar-refractivity contribution in [1.82, 2.24) is 10.3 Å². The van der Waals surface area contributed by atoms with Crippen molar-refractivity contribution in [2.75, 3.05) is 13.2 Å². The molecule has 0 aliphatic carbocycles. The number of ether oxygens (including phenoxy) is 2. The van der Waals surface area contributed by atoms with Crippen molar-refractivity contribution in [2.24, 2.45) is 0 Å². The Labute approximate surface area is 134 Å². The predicted octanol–water partition coefficient (Wildman–Crippen LogP) is 3.48. The molecule has 2 aromatic rings. The number of thiazole rings is 1. The molecule has 1 N–H and O–H groups in total. The molecule has 0 fully saturated rings. The van der Waals surface area contributed by atoms with Crippen LogP contribution in [0.4, 0.5) is 0 Å². The molecule has 1 amide bonds. The lowest BCUT2D eigenvalue weighted by Gasteiger charge is -2.08. The topological polar surface area (TPSA) is 60.5 Å². The van der Waals surface area contributed by atoms with E-state index < -0.39 is 0 Å². The van der Waals surface area contributed by atoms with Crippen LogP contribution in [0.15, 0.2) is 35.8 Å². The third-order valence-corrected chi connectivity index (χ3v) is 3.44. The molecule has 0 bridgehead atoms. The van der Waals surface area contributed by atoms with Gasteiger partial charge in [0.25, 0.3) is 11.1 Å². The molecule has 6 heteroatoms. The Balaban J connectivity index is 1.76. The number of nitrogens with one attached hydrogen (secondary N) is 1. The molecule has 5 nitrogen and oxygen atoms in total. The number of hydrogen-bond acceptors (Lipinski definition) is 5. The summed E-state index contributed by atoms with van der Waals surface area (Å²) < 4.78 is 11.0. The van der Waals surface area contributed by atoms with Crippen LogP contribution in [0.25, 0.3) is 0 Å². The van der Waals surface area contributed by atoms with Crippen LogP contribution >= 0.6 is 11.3 Å². The summed E-state index contributed by atoms with van der Waals surface area (Å²) in [5.74, 6) is 0.571. The number of amides is 1. The van der Waals surface area contributed by atoms with Crippen LogP contribution < -0.4 is 10.1 Å². The smallest absolute Gasteiger partial charge is 0.278 e. The van der Waals surface area contributed by atoms with Crippen molar-refractivity contribution in [1.29, 1.82) is 0 Å². The number of aromatic nitrogens is 1. The second-order valence-corrected chi connectivity index (χ2v) is 5.81. The molecule has 1 aromatic carbocycles. The van der Waals surface area contributed by atoms with Crippen LogP contribution in [0.1, 0.15) is 30.6 Å². The molecule has 0 atom stereocenters. The average molecular weight is 320 g/mol. The molecule has 1 aromatic heterocycles. The van der Waals surface area contributed by atoms with Crippen molar-refractivity contribution >= 4 is 17.2 Å². The standard InChI is InChI=1S/C16H20N2O3S/c1-12(2)20-10-3-8-17-15(19)13-4-6-14(7-5-13)21-16-18-9-11-22-16/h4-7,9,11-12H,3,8,10H2,1-2H3,(H,17,19). The number of hydrogen-bond donors (Lipinski definition) is 1. The van der Waals surface area contributed by atoms with Gasteiger partial charge in [0, 0.05) is 30.3 Å². The van der Waals surface area contributed by atoms with Crippen LogP contribution in [0.5, 0.6) is 10.9 Å². The highest BCUT2D eigenvalue weighted by atomic mass is 32.1. The van der Waals surface area contributed by atoms with E-state index in [0.29, 0.717) is 29.7 Å². The molecule has 0 spiro atoms. The minimum Gasteiger partial charge on any atom is -0.431 e. The lowest BCUT2D eigenvalue weighted by molar-refractivity contribution is 0.0757. The van der Waals surface area contributed by atoms with Crippen LogP contribution in [-0.4, -0.2) is 30.1 Å². The largest absolute Gasteiger partial charge is 0.431 e. The first kappa shape index (κ1) is 16.5. The summed E-state index contributed by atoms with van der Waals surface area (Å²) in [5, 5.41) is 5.30. The van der Waals surface area contributed by atoms with Gasteiger partial charge in [-0.25, -0.2) is 4.98 Å². The zero-order valence-electron chi connectivity index (χ0n) is 12.7. The van der Waals surface area contributed by atoms with Crippen LogP contribution in [-0.2, 0) is 4.74 Å². The molecule has 0 aliphatic heterocycles. The highest BCUT2D eigenvalue weighted by Gasteiger charge is 2.06. The maximum atomic E-state index is 12.0. The molecule has 0 radical (unpaired) electrons. The summed E-state index contributed by atoms with van der Waals surface area (Å²) in [4.78, 5) is 16.0. The number of carbonyl (C=O) groups is 1. The van der Waals surface area contributed by atoms with E-state index in [-0.39, 0.29) is 12.0 Å². The molecular formula is C16H20N2O3S. The monoisotopic (exact) mass is 320 g/mol. The third-order valence-electron chi connectivity index (χ3n) is 2.79. The molecule has 0 saturated carbocycles. The van der Waals surface area contributed by atoms with Crippen molar-refractivity contribution < 1.29 is 14.3 Å². The molecule has 0 unspecified atom stereocenters. The van der Waals surface area contributed by atoms with Crippen LogP contribution in [0.2, 0.25) is 0 Å². The van der Waals surface area contributed by atoms with Gasteiger partial charge in [-0.3, -0.25) is 4.79 Å². The Hall–Kier alpha value is -1.92. The van der Waals surface area contributed by atoms with Gasteiger partial charge in [0.05, 0.1) is 6.10 Å². The average Bonchev–Trinajstić information content (AvgIpc) is 3.00. The molecule has 1 heterocycles. The first-order chi connectivity index (χ1) is 10.6. The zero-order chi connectivity index (χ0) is 15.8. The van der Waals surface area contributed by atoms with Crippen molar-refractivity contribution in [3.8, 4) is 10.9 Å². The van der Waals surface area contributed by atoms with Gasteiger partial charge < -0.3 is 14.8 Å². The molecule has 0 saturated heterocycles. The molecule has 0 aliphatic rings. The van der Waals surface area contributed by atoms with E-state index in [0.717, 1.165) is 6.42 Å². The van der Waals surface area contributed by atoms with Crippen LogP contribution in [0, 0.1) is 0 Å². The number of benzene rings is 1. The van der Waals surface area contributed by atoms with Crippen molar-refractivity contribution in [3.63, 3.8) is 0 Å². The summed E-state index contributed by atoms with van der Waals surface area (Å²) in [7, 11) is 0. The van der Waals surface area contributed by atoms with Crippen molar-refractivity contribution in [3.05, 3.63) is 41.4 Å². The second-order valence-electron chi connectivity index (χ2n) is 4.95. The van der Waals surface area contributed by atoms with E-state index in [9.17, 15) is 4.79 Å². The Bertz CT molecular complexity index is 568. The van der Waals surface area contributed by atoms with E-state index in [1.807, 2.05) is 19.2 Å². The summed E-state index contributed by atoms with van der Waals surface area (Å²) in [6.45, 7) is 5.24. The zero-order valence-corrected chi connectivity index (χ0v) is 13.6. The SMILES string of the molecule is CC(C)OCCCNC(=O)c1ccc(Oc2nccs2)cc1. The first-order valence-corrected chi connectivity index (χ1v) is 8.10.